The van der Waals surface area contributed by atoms with E-state index in [9.17, 15) is 0 Å². The lowest BCUT2D eigenvalue weighted by atomic mass is 9.97. The van der Waals surface area contributed by atoms with E-state index < -0.39 is 0 Å². The van der Waals surface area contributed by atoms with Crippen LogP contribution in [0.15, 0.2) is 52.0 Å². The van der Waals surface area contributed by atoms with E-state index in [0.717, 1.165) is 30.5 Å². The zero-order valence-corrected chi connectivity index (χ0v) is 16.8. The lowest BCUT2D eigenvalue weighted by Gasteiger charge is -2.22. The molecule has 28 heavy (non-hydrogen) atoms. The van der Waals surface area contributed by atoms with Crippen molar-refractivity contribution in [2.24, 2.45) is 0 Å². The first-order valence-corrected chi connectivity index (χ1v) is 10.4. The van der Waals surface area contributed by atoms with Gasteiger partial charge in [-0.15, -0.1) is 22.0 Å². The molecule has 0 aromatic carbocycles. The number of nitrogen functional groups attached to an aromatic ring is 1. The molecule has 2 aromatic rings. The number of hydrogen-bond donors (Lipinski definition) is 1. The Morgan fingerprint density at radius 3 is 2.82 bits per heavy atom. The predicted molar refractivity (Wildman–Crippen MR) is 113 cm³/mol. The highest BCUT2D eigenvalue weighted by Crippen LogP contribution is 2.39. The smallest absolute Gasteiger partial charge is 0.270 e. The Hall–Kier alpha value is -2.67. The van der Waals surface area contributed by atoms with Gasteiger partial charge in [0.1, 0.15) is 0 Å². The molecule has 0 amide bonds. The molecule has 2 aliphatic rings. The summed E-state index contributed by atoms with van der Waals surface area (Å²) in [6.45, 7) is 4.38. The minimum absolute atomic E-state index is 0.163. The second-order valence-electron chi connectivity index (χ2n) is 7.03. The van der Waals surface area contributed by atoms with Crippen LogP contribution in [0.5, 0.6) is 0 Å². The Balaban J connectivity index is 1.66. The molecule has 0 saturated heterocycles. The quantitative estimate of drug-likeness (QED) is 0.771. The molecular weight excluding hydrogens is 370 g/mol. The van der Waals surface area contributed by atoms with Crippen LogP contribution in [0, 0.1) is 0 Å². The Morgan fingerprint density at radius 2 is 2.04 bits per heavy atom. The molecule has 0 bridgehead atoms. The maximum Gasteiger partial charge on any atom is 0.270 e. The lowest BCUT2D eigenvalue weighted by molar-refractivity contribution is 0.551. The molecule has 2 N–H and O–H groups in total. The summed E-state index contributed by atoms with van der Waals surface area (Å²) < 4.78 is 5.87. The van der Waals surface area contributed by atoms with E-state index in [2.05, 4.69) is 59.4 Å². The van der Waals surface area contributed by atoms with Crippen molar-refractivity contribution in [1.29, 1.82) is 0 Å². The van der Waals surface area contributed by atoms with E-state index >= 15 is 0 Å². The highest BCUT2D eigenvalue weighted by molar-refractivity contribution is 8.03. The van der Waals surface area contributed by atoms with Crippen LogP contribution in [0.3, 0.4) is 0 Å². The fourth-order valence-electron chi connectivity index (χ4n) is 3.21. The van der Waals surface area contributed by atoms with Gasteiger partial charge in [0.15, 0.2) is 11.5 Å². The van der Waals surface area contributed by atoms with E-state index in [0.29, 0.717) is 28.5 Å². The van der Waals surface area contributed by atoms with Crippen LogP contribution in [0.2, 0.25) is 0 Å². The number of rotatable bonds is 5. The SMILES string of the molecule is CC(C)SC1=CC=CCC1c1cnc(N)c(-c2nnc(C3=CCCC=C3)o2)n1. The van der Waals surface area contributed by atoms with Crippen molar-refractivity contribution in [3.05, 3.63) is 59.1 Å². The van der Waals surface area contributed by atoms with Crippen molar-refractivity contribution >= 4 is 23.2 Å². The van der Waals surface area contributed by atoms with Gasteiger partial charge in [0.25, 0.3) is 5.89 Å². The molecule has 2 aliphatic carbocycles. The molecule has 7 heteroatoms. The third kappa shape index (κ3) is 3.94. The zero-order valence-electron chi connectivity index (χ0n) is 16.0. The first-order chi connectivity index (χ1) is 13.6. The third-order valence-electron chi connectivity index (χ3n) is 4.53. The standard InChI is InChI=1S/C21H23N5OS/c1-13(2)28-17-11-7-6-10-15(17)16-12-23-19(22)18(24-16)21-26-25-20(27-21)14-8-4-3-5-9-14/h4,6-9,11-13,15H,3,5,10H2,1-2H3,(H2,22,23). The summed E-state index contributed by atoms with van der Waals surface area (Å²) in [5.74, 6) is 1.24. The number of anilines is 1. The molecule has 0 radical (unpaired) electrons. The molecular formula is C21H23N5OS. The van der Waals surface area contributed by atoms with Gasteiger partial charge in [-0.2, -0.15) is 0 Å². The predicted octanol–water partition coefficient (Wildman–Crippen LogP) is 4.91. The van der Waals surface area contributed by atoms with Crippen LogP contribution in [0.4, 0.5) is 5.82 Å². The highest BCUT2D eigenvalue weighted by atomic mass is 32.2. The van der Waals surface area contributed by atoms with E-state index in [-0.39, 0.29) is 5.92 Å². The molecule has 1 atom stereocenters. The second kappa shape index (κ2) is 8.14. The van der Waals surface area contributed by atoms with Gasteiger partial charge in [-0.25, -0.2) is 9.97 Å². The minimum atomic E-state index is 0.163. The maximum absolute atomic E-state index is 6.09. The van der Waals surface area contributed by atoms with Gasteiger partial charge in [0, 0.05) is 16.7 Å². The third-order valence-corrected chi connectivity index (χ3v) is 5.69. The summed E-state index contributed by atoms with van der Waals surface area (Å²) in [5, 5.41) is 8.83. The average Bonchev–Trinajstić information content (AvgIpc) is 3.19. The van der Waals surface area contributed by atoms with Crippen molar-refractivity contribution < 1.29 is 4.42 Å². The fourth-order valence-corrected chi connectivity index (χ4v) is 4.30. The number of thioether (sulfide) groups is 1. The summed E-state index contributed by atoms with van der Waals surface area (Å²) in [5.41, 5.74) is 8.33. The molecule has 0 aliphatic heterocycles. The summed E-state index contributed by atoms with van der Waals surface area (Å²) in [4.78, 5) is 10.4. The van der Waals surface area contributed by atoms with Gasteiger partial charge in [0.2, 0.25) is 5.89 Å². The normalized spacial score (nSPS) is 19.0. The van der Waals surface area contributed by atoms with Crippen molar-refractivity contribution in [3.8, 4) is 11.6 Å². The van der Waals surface area contributed by atoms with Crippen molar-refractivity contribution in [2.45, 2.75) is 44.3 Å². The first kappa shape index (κ1) is 18.7. The molecule has 2 aromatic heterocycles. The van der Waals surface area contributed by atoms with Crippen LogP contribution in [0.1, 0.15) is 50.6 Å². The molecule has 1 unspecified atom stereocenters. The van der Waals surface area contributed by atoms with Crippen LogP contribution in [-0.4, -0.2) is 25.4 Å². The minimum Gasteiger partial charge on any atom is -0.414 e. The molecule has 0 saturated carbocycles. The largest absolute Gasteiger partial charge is 0.414 e. The van der Waals surface area contributed by atoms with Crippen LogP contribution in [-0.2, 0) is 0 Å². The number of nitrogens with zero attached hydrogens (tertiary/aromatic N) is 4. The summed E-state index contributed by atoms with van der Waals surface area (Å²) in [6.07, 6.45) is 17.2. The van der Waals surface area contributed by atoms with E-state index in [1.165, 1.54) is 4.91 Å². The van der Waals surface area contributed by atoms with Gasteiger partial charge >= 0.3 is 0 Å². The summed E-state index contributed by atoms with van der Waals surface area (Å²) in [7, 11) is 0. The highest BCUT2D eigenvalue weighted by Gasteiger charge is 2.24. The summed E-state index contributed by atoms with van der Waals surface area (Å²) >= 11 is 1.85. The first-order valence-electron chi connectivity index (χ1n) is 9.48. The van der Waals surface area contributed by atoms with Crippen LogP contribution < -0.4 is 5.73 Å². The van der Waals surface area contributed by atoms with E-state index in [1.54, 1.807) is 6.20 Å². The Kier molecular flexibility index (Phi) is 5.43. The van der Waals surface area contributed by atoms with E-state index in [4.69, 9.17) is 15.1 Å². The Labute approximate surface area is 168 Å². The van der Waals surface area contributed by atoms with Gasteiger partial charge in [-0.1, -0.05) is 50.3 Å². The molecule has 144 valence electrons. The van der Waals surface area contributed by atoms with Crippen LogP contribution >= 0.6 is 11.8 Å². The zero-order chi connectivity index (χ0) is 19.5. The summed E-state index contributed by atoms with van der Waals surface area (Å²) in [6, 6.07) is 0. The second-order valence-corrected chi connectivity index (χ2v) is 8.68. The van der Waals surface area contributed by atoms with Crippen molar-refractivity contribution in [1.82, 2.24) is 20.2 Å². The van der Waals surface area contributed by atoms with Gasteiger partial charge in [0.05, 0.1) is 11.9 Å². The lowest BCUT2D eigenvalue weighted by Crippen LogP contribution is -2.09. The van der Waals surface area contributed by atoms with Gasteiger partial charge in [-0.3, -0.25) is 0 Å². The number of hydrogen-bond acceptors (Lipinski definition) is 7. The number of nitrogens with two attached hydrogens (primary N) is 1. The fraction of sp³-hybridized carbons (Fsp3) is 0.333. The molecule has 0 spiro atoms. The van der Waals surface area contributed by atoms with Gasteiger partial charge < -0.3 is 10.2 Å². The molecule has 2 heterocycles. The Bertz CT molecular complexity index is 986. The maximum atomic E-state index is 6.09. The number of aromatic nitrogens is 4. The molecule has 6 nitrogen and oxygen atoms in total. The molecule has 0 fully saturated rings. The average molecular weight is 394 g/mol. The van der Waals surface area contributed by atoms with E-state index in [1.807, 2.05) is 17.8 Å². The Morgan fingerprint density at radius 1 is 1.18 bits per heavy atom. The monoisotopic (exact) mass is 393 g/mol. The van der Waals surface area contributed by atoms with Crippen LogP contribution in [0.25, 0.3) is 17.2 Å². The van der Waals surface area contributed by atoms with Crippen molar-refractivity contribution in [3.63, 3.8) is 0 Å². The number of allylic oxidation sites excluding steroid dienone is 8. The van der Waals surface area contributed by atoms with Gasteiger partial charge in [-0.05, 0) is 24.2 Å². The molecule has 4 rings (SSSR count). The van der Waals surface area contributed by atoms with Crippen molar-refractivity contribution in [2.75, 3.05) is 5.73 Å². The topological polar surface area (TPSA) is 90.7 Å².